The van der Waals surface area contributed by atoms with Crippen LogP contribution in [-0.2, 0) is 0 Å². The van der Waals surface area contributed by atoms with E-state index in [1.807, 2.05) is 72.0 Å². The molecule has 0 saturated carbocycles. The van der Waals surface area contributed by atoms with Crippen LogP contribution in [0.2, 0.25) is 0 Å². The molecular weight excluding hydrogens is 715 g/mol. The highest BCUT2D eigenvalue weighted by molar-refractivity contribution is 7.26. The summed E-state index contributed by atoms with van der Waals surface area (Å²) in [7, 11) is 0. The largest absolute Gasteiger partial charge is 0.309 e. The van der Waals surface area contributed by atoms with Gasteiger partial charge in [0.05, 0.1) is 22.1 Å². The average molecular weight is 746 g/mol. The Morgan fingerprint density at radius 2 is 0.860 bits per heavy atom. The zero-order valence-corrected chi connectivity index (χ0v) is 31.4. The van der Waals surface area contributed by atoms with Crippen molar-refractivity contribution < 1.29 is 0 Å². The predicted molar refractivity (Wildman–Crippen MR) is 238 cm³/mol. The van der Waals surface area contributed by atoms with E-state index in [-0.39, 0.29) is 0 Å². The van der Waals surface area contributed by atoms with E-state index in [1.165, 1.54) is 58.3 Å². The van der Waals surface area contributed by atoms with Crippen molar-refractivity contribution >= 4 is 75.1 Å². The summed E-state index contributed by atoms with van der Waals surface area (Å²) in [5.74, 6) is 1.93. The fourth-order valence-electron chi connectivity index (χ4n) is 8.62. The topological polar surface area (TPSA) is 48.5 Å². The number of nitrogens with zero attached hydrogens (tertiary/aromatic N) is 5. The van der Waals surface area contributed by atoms with Crippen LogP contribution in [0.4, 0.5) is 0 Å². The lowest BCUT2D eigenvalue weighted by Gasteiger charge is -2.11. The van der Waals surface area contributed by atoms with Gasteiger partial charge in [-0.25, -0.2) is 15.0 Å². The zero-order chi connectivity index (χ0) is 37.5. The lowest BCUT2D eigenvalue weighted by molar-refractivity contribution is 1.07. The summed E-state index contributed by atoms with van der Waals surface area (Å²) in [6.07, 6.45) is 0. The average Bonchev–Trinajstić information content (AvgIpc) is 3.94. The van der Waals surface area contributed by atoms with Gasteiger partial charge in [0.15, 0.2) is 17.5 Å². The van der Waals surface area contributed by atoms with Crippen LogP contribution in [0.5, 0.6) is 0 Å². The lowest BCUT2D eigenvalue weighted by atomic mass is 10.1. The molecule has 0 unspecified atom stereocenters. The Hall–Kier alpha value is -7.41. The molecule has 0 bridgehead atoms. The van der Waals surface area contributed by atoms with Crippen molar-refractivity contribution in [2.45, 2.75) is 0 Å². The minimum atomic E-state index is 0.636. The Morgan fingerprint density at radius 3 is 1.51 bits per heavy atom. The van der Waals surface area contributed by atoms with Gasteiger partial charge in [0.2, 0.25) is 0 Å². The first kappa shape index (κ1) is 31.9. The number of rotatable bonds is 5. The fraction of sp³-hybridized carbons (Fsp3) is 0. The van der Waals surface area contributed by atoms with E-state index in [9.17, 15) is 0 Å². The zero-order valence-electron chi connectivity index (χ0n) is 30.5. The van der Waals surface area contributed by atoms with E-state index in [0.29, 0.717) is 17.5 Å². The normalized spacial score (nSPS) is 11.9. The number of para-hydroxylation sites is 3. The maximum absolute atomic E-state index is 5.09. The predicted octanol–water partition coefficient (Wildman–Crippen LogP) is 13.4. The van der Waals surface area contributed by atoms with Crippen molar-refractivity contribution in [2.24, 2.45) is 0 Å². The molecule has 0 aliphatic carbocycles. The number of benzene rings is 8. The second-order valence-corrected chi connectivity index (χ2v) is 15.5. The third-order valence-electron chi connectivity index (χ3n) is 11.2. The molecule has 12 rings (SSSR count). The van der Waals surface area contributed by atoms with Crippen molar-refractivity contribution in [3.05, 3.63) is 188 Å². The molecule has 0 saturated heterocycles. The van der Waals surface area contributed by atoms with Crippen molar-refractivity contribution in [1.82, 2.24) is 24.1 Å². The van der Waals surface area contributed by atoms with Crippen LogP contribution in [0.1, 0.15) is 0 Å². The summed E-state index contributed by atoms with van der Waals surface area (Å²) in [6, 6.07) is 66.7. The van der Waals surface area contributed by atoms with Gasteiger partial charge in [-0.1, -0.05) is 133 Å². The minimum absolute atomic E-state index is 0.636. The van der Waals surface area contributed by atoms with Crippen molar-refractivity contribution in [3.8, 4) is 45.5 Å². The molecule has 0 radical (unpaired) electrons. The number of aromatic nitrogens is 5. The summed E-state index contributed by atoms with van der Waals surface area (Å²) in [6.45, 7) is 0. The van der Waals surface area contributed by atoms with Crippen LogP contribution in [0.25, 0.3) is 109 Å². The van der Waals surface area contributed by atoms with Crippen LogP contribution in [0.15, 0.2) is 188 Å². The Morgan fingerprint density at radius 1 is 0.333 bits per heavy atom. The summed E-state index contributed by atoms with van der Waals surface area (Å²) in [4.78, 5) is 15.1. The molecule has 0 aliphatic rings. The molecule has 266 valence electrons. The highest BCUT2D eigenvalue weighted by Gasteiger charge is 2.21. The number of hydrogen-bond acceptors (Lipinski definition) is 4. The monoisotopic (exact) mass is 745 g/mol. The smallest absolute Gasteiger partial charge is 0.164 e. The molecular formula is C51H31N5S. The van der Waals surface area contributed by atoms with Gasteiger partial charge in [-0.2, -0.15) is 0 Å². The molecule has 12 aromatic rings. The summed E-state index contributed by atoms with van der Waals surface area (Å²) in [5, 5.41) is 7.41. The molecule has 0 spiro atoms. The number of hydrogen-bond donors (Lipinski definition) is 0. The van der Waals surface area contributed by atoms with Gasteiger partial charge in [-0.15, -0.1) is 11.3 Å². The van der Waals surface area contributed by atoms with E-state index in [4.69, 9.17) is 15.0 Å². The van der Waals surface area contributed by atoms with Crippen LogP contribution in [-0.4, -0.2) is 24.1 Å². The first-order valence-electron chi connectivity index (χ1n) is 19.1. The lowest BCUT2D eigenvalue weighted by Crippen LogP contribution is -2.00. The molecule has 0 amide bonds. The Balaban J connectivity index is 1.13. The molecule has 5 nitrogen and oxygen atoms in total. The van der Waals surface area contributed by atoms with E-state index in [1.54, 1.807) is 0 Å². The number of fused-ring (bicyclic) bond motifs is 10. The van der Waals surface area contributed by atoms with Crippen molar-refractivity contribution in [3.63, 3.8) is 0 Å². The standard InChI is InChI=1S/C51H31N5S/c1-4-14-32(15-5-1)49-52-50(33-16-6-2-7-17-33)54-51(53-49)34-24-26-39-40-27-29-46-47(48(40)56(44(39)30-34)35-18-8-3-9-19-35)41-31-36(25-28-45(41)57-46)55-42-22-12-10-20-37(42)38-21-11-13-23-43(38)55/h1-31H. The van der Waals surface area contributed by atoms with Crippen LogP contribution < -0.4 is 0 Å². The molecule has 0 atom stereocenters. The molecule has 0 aliphatic heterocycles. The molecule has 4 heterocycles. The molecule has 6 heteroatoms. The van der Waals surface area contributed by atoms with E-state index >= 15 is 0 Å². The Kier molecular flexibility index (Phi) is 7.03. The molecule has 4 aromatic heterocycles. The van der Waals surface area contributed by atoms with Gasteiger partial charge in [0.1, 0.15) is 0 Å². The number of thiophene rings is 1. The molecule has 8 aromatic carbocycles. The van der Waals surface area contributed by atoms with Crippen LogP contribution >= 0.6 is 11.3 Å². The van der Waals surface area contributed by atoms with E-state index < -0.39 is 0 Å². The van der Waals surface area contributed by atoms with Crippen molar-refractivity contribution in [2.75, 3.05) is 0 Å². The van der Waals surface area contributed by atoms with Crippen LogP contribution in [0.3, 0.4) is 0 Å². The van der Waals surface area contributed by atoms with Gasteiger partial charge in [-0.3, -0.25) is 0 Å². The van der Waals surface area contributed by atoms with E-state index in [2.05, 4.69) is 137 Å². The quantitative estimate of drug-likeness (QED) is 0.176. The van der Waals surface area contributed by atoms with Crippen LogP contribution in [0, 0.1) is 0 Å². The summed E-state index contributed by atoms with van der Waals surface area (Å²) < 4.78 is 7.37. The van der Waals surface area contributed by atoms with Gasteiger partial charge in [0.25, 0.3) is 0 Å². The fourth-order valence-corrected chi connectivity index (χ4v) is 9.70. The van der Waals surface area contributed by atoms with E-state index in [0.717, 1.165) is 33.6 Å². The van der Waals surface area contributed by atoms with Gasteiger partial charge in [-0.05, 0) is 54.6 Å². The molecule has 0 fully saturated rings. The SMILES string of the molecule is c1ccc(-c2nc(-c3ccccc3)nc(-c3ccc4c5ccc6sc7ccc(-n8c9ccccc9c9ccccc98)cc7c6c5n(-c5ccccc5)c4c3)n2)cc1. The maximum Gasteiger partial charge on any atom is 0.164 e. The Bertz CT molecular complexity index is 3400. The highest BCUT2D eigenvalue weighted by Crippen LogP contribution is 2.45. The highest BCUT2D eigenvalue weighted by atomic mass is 32.1. The third-order valence-corrected chi connectivity index (χ3v) is 12.3. The Labute approximate surface area is 331 Å². The first-order valence-corrected chi connectivity index (χ1v) is 19.9. The van der Waals surface area contributed by atoms with Gasteiger partial charge >= 0.3 is 0 Å². The maximum atomic E-state index is 5.09. The second kappa shape index (κ2) is 12.6. The minimum Gasteiger partial charge on any atom is -0.309 e. The summed E-state index contributed by atoms with van der Waals surface area (Å²) in [5.41, 5.74) is 9.79. The second-order valence-electron chi connectivity index (χ2n) is 14.4. The van der Waals surface area contributed by atoms with Gasteiger partial charge in [0, 0.05) is 69.8 Å². The van der Waals surface area contributed by atoms with Crippen molar-refractivity contribution in [1.29, 1.82) is 0 Å². The first-order chi connectivity index (χ1) is 28.3. The summed E-state index contributed by atoms with van der Waals surface area (Å²) >= 11 is 1.85. The molecule has 0 N–H and O–H groups in total. The third kappa shape index (κ3) is 4.98. The van der Waals surface area contributed by atoms with Gasteiger partial charge < -0.3 is 9.13 Å². The molecule has 57 heavy (non-hydrogen) atoms.